The van der Waals surface area contributed by atoms with Gasteiger partial charge >= 0.3 is 0 Å². The summed E-state index contributed by atoms with van der Waals surface area (Å²) in [6, 6.07) is 12.7. The molecule has 2 heterocycles. The number of halogens is 1. The maximum absolute atomic E-state index is 12.4. The number of para-hydroxylation sites is 2. The first-order valence-corrected chi connectivity index (χ1v) is 7.55. The normalized spacial score (nSPS) is 11.7. The van der Waals surface area contributed by atoms with Crippen molar-refractivity contribution in [2.75, 3.05) is 0 Å². The molecule has 0 bridgehead atoms. The van der Waals surface area contributed by atoms with Crippen molar-refractivity contribution in [1.29, 1.82) is 5.26 Å². The van der Waals surface area contributed by atoms with Gasteiger partial charge in [-0.15, -0.1) is 0 Å². The van der Waals surface area contributed by atoms with E-state index in [0.717, 1.165) is 5.56 Å². The zero-order valence-electron chi connectivity index (χ0n) is 12.5. The van der Waals surface area contributed by atoms with Crippen molar-refractivity contribution < 1.29 is 4.79 Å². The van der Waals surface area contributed by atoms with Gasteiger partial charge in [0.1, 0.15) is 5.69 Å². The average Bonchev–Trinajstić information content (AvgIpc) is 2.62. The van der Waals surface area contributed by atoms with Crippen molar-refractivity contribution >= 4 is 28.5 Å². The lowest BCUT2D eigenvalue weighted by molar-refractivity contribution is -0.121. The Kier molecular flexibility index (Phi) is 4.64. The number of fused-ring (bicyclic) bond motifs is 1. The van der Waals surface area contributed by atoms with Crippen LogP contribution in [0.5, 0.6) is 0 Å². The number of carbonyl (C=O) groups is 1. The molecule has 0 fully saturated rings. The molecule has 0 radical (unpaired) electrons. The van der Waals surface area contributed by atoms with Crippen LogP contribution in [0.4, 0.5) is 0 Å². The quantitative estimate of drug-likeness (QED) is 0.790. The highest BCUT2D eigenvalue weighted by atomic mass is 35.5. The molecule has 0 aliphatic rings. The minimum absolute atomic E-state index is 0.0526. The Labute approximate surface area is 143 Å². The fourth-order valence-electron chi connectivity index (χ4n) is 2.21. The van der Waals surface area contributed by atoms with Gasteiger partial charge in [-0.1, -0.05) is 29.8 Å². The highest BCUT2D eigenvalue weighted by Crippen LogP contribution is 2.24. The van der Waals surface area contributed by atoms with Crippen molar-refractivity contribution in [1.82, 2.24) is 20.3 Å². The van der Waals surface area contributed by atoms with E-state index < -0.39 is 11.8 Å². The minimum Gasteiger partial charge on any atom is -0.350 e. The molecule has 7 heteroatoms. The van der Waals surface area contributed by atoms with Gasteiger partial charge in [0.2, 0.25) is 5.91 Å². The van der Waals surface area contributed by atoms with Crippen LogP contribution >= 0.6 is 11.6 Å². The molecule has 0 aliphatic carbocycles. The van der Waals surface area contributed by atoms with Crippen molar-refractivity contribution in [3.05, 3.63) is 65.2 Å². The number of amides is 1. The number of hydrogen-bond donors (Lipinski definition) is 1. The highest BCUT2D eigenvalue weighted by molar-refractivity contribution is 6.30. The van der Waals surface area contributed by atoms with Gasteiger partial charge in [-0.25, -0.2) is 9.97 Å². The van der Waals surface area contributed by atoms with E-state index in [9.17, 15) is 10.1 Å². The molecule has 6 nitrogen and oxygen atoms in total. The Balaban J connectivity index is 1.84. The standard InChI is InChI=1S/C17H12ClN5O/c18-16-15(22-13-5-1-2-6-14(13)23-16)12(8-19)17(24)21-10-11-4-3-7-20-9-11/h1-7,9,12H,10H2,(H,21,24). The summed E-state index contributed by atoms with van der Waals surface area (Å²) in [5, 5.41) is 12.1. The first-order valence-electron chi connectivity index (χ1n) is 7.17. The molecule has 1 atom stereocenters. The SMILES string of the molecule is N#CC(C(=O)NCc1cccnc1)c1nc2ccccc2nc1Cl. The number of nitriles is 1. The molecular weight excluding hydrogens is 326 g/mol. The van der Waals surface area contributed by atoms with E-state index in [1.807, 2.05) is 18.2 Å². The van der Waals surface area contributed by atoms with Crippen LogP contribution in [0, 0.1) is 11.3 Å². The van der Waals surface area contributed by atoms with Crippen LogP contribution in [0.3, 0.4) is 0 Å². The average molecular weight is 338 g/mol. The van der Waals surface area contributed by atoms with Crippen molar-refractivity contribution in [3.8, 4) is 6.07 Å². The van der Waals surface area contributed by atoms with E-state index in [1.165, 1.54) is 0 Å². The Morgan fingerprint density at radius 2 is 1.96 bits per heavy atom. The van der Waals surface area contributed by atoms with Gasteiger partial charge in [0.15, 0.2) is 11.1 Å². The summed E-state index contributed by atoms with van der Waals surface area (Å²) in [7, 11) is 0. The molecule has 24 heavy (non-hydrogen) atoms. The summed E-state index contributed by atoms with van der Waals surface area (Å²) in [4.78, 5) is 24.9. The largest absolute Gasteiger partial charge is 0.350 e. The van der Waals surface area contributed by atoms with Crippen LogP contribution < -0.4 is 5.32 Å². The lowest BCUT2D eigenvalue weighted by Crippen LogP contribution is -2.29. The monoisotopic (exact) mass is 337 g/mol. The van der Waals surface area contributed by atoms with E-state index in [4.69, 9.17) is 11.6 Å². The van der Waals surface area contributed by atoms with Gasteiger partial charge in [0.05, 0.1) is 17.1 Å². The molecular formula is C17H12ClN5O. The van der Waals surface area contributed by atoms with Crippen molar-refractivity contribution in [2.24, 2.45) is 0 Å². The third-order valence-electron chi connectivity index (χ3n) is 3.41. The molecule has 1 N–H and O–H groups in total. The number of hydrogen-bond acceptors (Lipinski definition) is 5. The third-order valence-corrected chi connectivity index (χ3v) is 3.69. The third kappa shape index (κ3) is 3.31. The van der Waals surface area contributed by atoms with Crippen LogP contribution in [-0.4, -0.2) is 20.9 Å². The summed E-state index contributed by atoms with van der Waals surface area (Å²) in [6.07, 6.45) is 3.29. The molecule has 0 spiro atoms. The smallest absolute Gasteiger partial charge is 0.243 e. The maximum Gasteiger partial charge on any atom is 0.243 e. The molecule has 1 unspecified atom stereocenters. The van der Waals surface area contributed by atoms with Crippen LogP contribution in [0.1, 0.15) is 17.2 Å². The van der Waals surface area contributed by atoms with Crippen molar-refractivity contribution in [2.45, 2.75) is 12.5 Å². The summed E-state index contributed by atoms with van der Waals surface area (Å²) in [5.74, 6) is -1.61. The fourth-order valence-corrected chi connectivity index (χ4v) is 2.46. The van der Waals surface area contributed by atoms with Gasteiger partial charge in [-0.3, -0.25) is 9.78 Å². The summed E-state index contributed by atoms with van der Waals surface area (Å²) in [6.45, 7) is 0.267. The predicted octanol–water partition coefficient (Wildman–Crippen LogP) is 2.60. The fraction of sp³-hybridized carbons (Fsp3) is 0.118. The first kappa shape index (κ1) is 15.8. The van der Waals surface area contributed by atoms with Crippen LogP contribution in [-0.2, 0) is 11.3 Å². The molecule has 1 amide bonds. The number of nitrogens with zero attached hydrogens (tertiary/aromatic N) is 4. The van der Waals surface area contributed by atoms with Crippen LogP contribution in [0.2, 0.25) is 5.15 Å². The topological polar surface area (TPSA) is 91.6 Å². The number of benzene rings is 1. The Hall–Kier alpha value is -3.04. The Bertz CT molecular complexity index is 923. The lowest BCUT2D eigenvalue weighted by Gasteiger charge is -2.11. The second kappa shape index (κ2) is 7.02. The number of rotatable bonds is 4. The molecule has 2 aromatic heterocycles. The molecule has 3 aromatic rings. The predicted molar refractivity (Wildman–Crippen MR) is 89.0 cm³/mol. The molecule has 1 aromatic carbocycles. The van der Waals surface area contributed by atoms with E-state index in [2.05, 4.69) is 20.3 Å². The Morgan fingerprint density at radius 3 is 2.62 bits per heavy atom. The highest BCUT2D eigenvalue weighted by Gasteiger charge is 2.25. The maximum atomic E-state index is 12.4. The van der Waals surface area contributed by atoms with Crippen LogP contribution in [0.25, 0.3) is 11.0 Å². The van der Waals surface area contributed by atoms with E-state index >= 15 is 0 Å². The van der Waals surface area contributed by atoms with Gasteiger partial charge in [-0.05, 0) is 23.8 Å². The zero-order valence-corrected chi connectivity index (χ0v) is 13.2. The van der Waals surface area contributed by atoms with Gasteiger partial charge in [-0.2, -0.15) is 5.26 Å². The van der Waals surface area contributed by atoms with E-state index in [1.54, 1.807) is 36.7 Å². The Morgan fingerprint density at radius 1 is 1.21 bits per heavy atom. The first-order chi connectivity index (χ1) is 11.7. The van der Waals surface area contributed by atoms with Crippen molar-refractivity contribution in [3.63, 3.8) is 0 Å². The molecule has 0 aliphatic heterocycles. The van der Waals surface area contributed by atoms with Crippen LogP contribution in [0.15, 0.2) is 48.8 Å². The summed E-state index contributed by atoms with van der Waals surface area (Å²) in [5.41, 5.74) is 2.18. The van der Waals surface area contributed by atoms with Gasteiger partial charge < -0.3 is 5.32 Å². The zero-order chi connectivity index (χ0) is 16.9. The van der Waals surface area contributed by atoms with Gasteiger partial charge in [0, 0.05) is 18.9 Å². The molecule has 0 saturated carbocycles. The molecule has 0 saturated heterocycles. The summed E-state index contributed by atoms with van der Waals surface area (Å²) >= 11 is 6.12. The second-order valence-corrected chi connectivity index (χ2v) is 5.39. The number of aromatic nitrogens is 3. The number of carbonyl (C=O) groups excluding carboxylic acids is 1. The number of pyridine rings is 1. The second-order valence-electron chi connectivity index (χ2n) is 5.03. The minimum atomic E-state index is -1.13. The van der Waals surface area contributed by atoms with E-state index in [0.29, 0.717) is 11.0 Å². The summed E-state index contributed by atoms with van der Waals surface area (Å²) < 4.78 is 0. The number of nitrogens with one attached hydrogen (secondary N) is 1. The lowest BCUT2D eigenvalue weighted by atomic mass is 10.1. The van der Waals surface area contributed by atoms with E-state index in [-0.39, 0.29) is 17.4 Å². The molecule has 118 valence electrons. The van der Waals surface area contributed by atoms with Gasteiger partial charge in [0.25, 0.3) is 0 Å². The molecule has 3 rings (SSSR count).